The lowest BCUT2D eigenvalue weighted by molar-refractivity contribution is 0.0955. The number of anilines is 1. The number of amides is 2. The van der Waals surface area contributed by atoms with Gasteiger partial charge in [0.1, 0.15) is 6.26 Å². The molecular formula is C18H23N3O3. The molecule has 128 valence electrons. The molecule has 6 heteroatoms. The largest absolute Gasteiger partial charge is 0.444 e. The van der Waals surface area contributed by atoms with E-state index in [1.165, 1.54) is 0 Å². The van der Waals surface area contributed by atoms with Gasteiger partial charge in [0.05, 0.1) is 17.8 Å². The second-order valence-electron chi connectivity index (χ2n) is 6.38. The van der Waals surface area contributed by atoms with Crippen LogP contribution in [0.15, 0.2) is 28.9 Å². The van der Waals surface area contributed by atoms with E-state index < -0.39 is 6.10 Å². The molecule has 3 rings (SSSR count). The van der Waals surface area contributed by atoms with E-state index in [2.05, 4.69) is 15.6 Å². The highest BCUT2D eigenvalue weighted by molar-refractivity contribution is 5.90. The molecule has 0 saturated heterocycles. The van der Waals surface area contributed by atoms with Crippen LogP contribution in [0.2, 0.25) is 0 Å². The van der Waals surface area contributed by atoms with Gasteiger partial charge in [-0.05, 0) is 44.4 Å². The maximum atomic E-state index is 12.2. The molecule has 0 bridgehead atoms. The highest BCUT2D eigenvalue weighted by atomic mass is 16.3. The molecule has 2 amide bonds. The highest BCUT2D eigenvalue weighted by Crippen LogP contribution is 2.26. The first kappa shape index (κ1) is 16.5. The molecule has 2 unspecified atom stereocenters. The van der Waals surface area contributed by atoms with Crippen molar-refractivity contribution < 1.29 is 14.3 Å². The summed E-state index contributed by atoms with van der Waals surface area (Å²) in [6.45, 7) is 3.84. The quantitative estimate of drug-likeness (QED) is 0.805. The minimum absolute atomic E-state index is 0.182. The Morgan fingerprint density at radius 1 is 1.29 bits per heavy atom. The number of carbonyl (C=O) groups is 1. The molecule has 3 N–H and O–H groups in total. The van der Waals surface area contributed by atoms with Crippen LogP contribution in [0.5, 0.6) is 0 Å². The summed E-state index contributed by atoms with van der Waals surface area (Å²) in [5.74, 6) is 0.539. The number of benzene rings is 1. The maximum Gasteiger partial charge on any atom is 0.319 e. The molecule has 6 nitrogen and oxygen atoms in total. The van der Waals surface area contributed by atoms with Crippen LogP contribution < -0.4 is 10.6 Å². The third-order valence-corrected chi connectivity index (χ3v) is 4.39. The summed E-state index contributed by atoms with van der Waals surface area (Å²) >= 11 is 0. The molecule has 1 aliphatic rings. The van der Waals surface area contributed by atoms with E-state index in [9.17, 15) is 9.90 Å². The van der Waals surface area contributed by atoms with Crippen molar-refractivity contribution >= 4 is 11.7 Å². The predicted molar refractivity (Wildman–Crippen MR) is 91.8 cm³/mol. The van der Waals surface area contributed by atoms with Crippen molar-refractivity contribution in [3.05, 3.63) is 35.7 Å². The third-order valence-electron chi connectivity index (χ3n) is 4.39. The number of hydrogen-bond acceptors (Lipinski definition) is 4. The number of oxazole rings is 1. The molecule has 1 fully saturated rings. The summed E-state index contributed by atoms with van der Waals surface area (Å²) in [7, 11) is 0. The fourth-order valence-electron chi connectivity index (χ4n) is 3.02. The zero-order valence-corrected chi connectivity index (χ0v) is 14.0. The van der Waals surface area contributed by atoms with Crippen LogP contribution in [0.3, 0.4) is 0 Å². The van der Waals surface area contributed by atoms with Gasteiger partial charge in [0, 0.05) is 11.3 Å². The Labute approximate surface area is 141 Å². The molecule has 1 aromatic heterocycles. The Balaban J connectivity index is 1.70. The zero-order chi connectivity index (χ0) is 17.1. The number of rotatable bonds is 3. The van der Waals surface area contributed by atoms with Crippen molar-refractivity contribution in [2.24, 2.45) is 0 Å². The normalized spacial score (nSPS) is 20.6. The van der Waals surface area contributed by atoms with E-state index >= 15 is 0 Å². The standard InChI is InChI=1S/C18H23N3O3/c1-11-7-8-13(9-14(11)17-19-12(2)10-24-17)20-18(23)21-15-5-3-4-6-16(15)22/h7-10,15-16,22H,3-6H2,1-2H3,(H2,20,21,23). The minimum atomic E-state index is -0.464. The molecule has 0 spiro atoms. The summed E-state index contributed by atoms with van der Waals surface area (Å²) in [4.78, 5) is 16.5. The number of hydrogen-bond donors (Lipinski definition) is 3. The molecule has 2 aromatic rings. The van der Waals surface area contributed by atoms with Crippen molar-refractivity contribution in [1.29, 1.82) is 0 Å². The van der Waals surface area contributed by atoms with Gasteiger partial charge in [0.15, 0.2) is 0 Å². The second kappa shape index (κ2) is 7.05. The van der Waals surface area contributed by atoms with Crippen molar-refractivity contribution in [3.63, 3.8) is 0 Å². The van der Waals surface area contributed by atoms with E-state index in [-0.39, 0.29) is 12.1 Å². The van der Waals surface area contributed by atoms with E-state index in [0.29, 0.717) is 11.6 Å². The minimum Gasteiger partial charge on any atom is -0.444 e. The Bertz CT molecular complexity index is 726. The Morgan fingerprint density at radius 3 is 2.79 bits per heavy atom. The SMILES string of the molecule is Cc1coc(-c2cc(NC(=O)NC3CCCCC3O)ccc2C)n1. The molecule has 1 saturated carbocycles. The van der Waals surface area contributed by atoms with E-state index in [1.54, 1.807) is 6.26 Å². The van der Waals surface area contributed by atoms with E-state index in [0.717, 1.165) is 42.5 Å². The van der Waals surface area contributed by atoms with Crippen LogP contribution in [0, 0.1) is 13.8 Å². The first-order chi connectivity index (χ1) is 11.5. The number of aliphatic hydroxyl groups is 1. The molecule has 0 radical (unpaired) electrons. The van der Waals surface area contributed by atoms with Crippen molar-refractivity contribution in [3.8, 4) is 11.5 Å². The van der Waals surface area contributed by atoms with Gasteiger partial charge in [0.25, 0.3) is 0 Å². The van der Waals surface area contributed by atoms with Crippen LogP contribution in [-0.4, -0.2) is 28.3 Å². The molecule has 1 aromatic carbocycles. The number of urea groups is 1. The lowest BCUT2D eigenvalue weighted by Crippen LogP contribution is -2.46. The first-order valence-electron chi connectivity index (χ1n) is 8.31. The average molecular weight is 329 g/mol. The Morgan fingerprint density at radius 2 is 2.08 bits per heavy atom. The van der Waals surface area contributed by atoms with Crippen LogP contribution in [0.1, 0.15) is 36.9 Å². The van der Waals surface area contributed by atoms with Crippen molar-refractivity contribution in [2.45, 2.75) is 51.7 Å². The maximum absolute atomic E-state index is 12.2. The highest BCUT2D eigenvalue weighted by Gasteiger charge is 2.24. The molecule has 1 heterocycles. The summed E-state index contributed by atoms with van der Waals surface area (Å²) in [6.07, 6.45) is 4.73. The van der Waals surface area contributed by atoms with Crippen molar-refractivity contribution in [2.75, 3.05) is 5.32 Å². The topological polar surface area (TPSA) is 87.4 Å². The number of nitrogens with zero attached hydrogens (tertiary/aromatic N) is 1. The van der Waals surface area contributed by atoms with Crippen LogP contribution in [0.25, 0.3) is 11.5 Å². The van der Waals surface area contributed by atoms with Gasteiger partial charge in [-0.1, -0.05) is 18.9 Å². The lowest BCUT2D eigenvalue weighted by atomic mass is 9.93. The molecular weight excluding hydrogens is 306 g/mol. The van der Waals surface area contributed by atoms with E-state index in [1.807, 2.05) is 32.0 Å². The van der Waals surface area contributed by atoms with Crippen LogP contribution in [-0.2, 0) is 0 Å². The van der Waals surface area contributed by atoms with Crippen LogP contribution >= 0.6 is 0 Å². The van der Waals surface area contributed by atoms with Crippen molar-refractivity contribution in [1.82, 2.24) is 10.3 Å². The average Bonchev–Trinajstić information content (AvgIpc) is 2.98. The van der Waals surface area contributed by atoms with Gasteiger partial charge < -0.3 is 20.2 Å². The fraction of sp³-hybridized carbons (Fsp3) is 0.444. The van der Waals surface area contributed by atoms with Gasteiger partial charge in [-0.3, -0.25) is 0 Å². The summed E-state index contributed by atoms with van der Waals surface area (Å²) < 4.78 is 5.45. The number of aliphatic hydroxyl groups excluding tert-OH is 1. The molecule has 0 aliphatic heterocycles. The molecule has 2 atom stereocenters. The fourth-order valence-corrected chi connectivity index (χ4v) is 3.02. The third kappa shape index (κ3) is 3.76. The Hall–Kier alpha value is -2.34. The number of nitrogens with one attached hydrogen (secondary N) is 2. The van der Waals surface area contributed by atoms with Gasteiger partial charge in [0.2, 0.25) is 5.89 Å². The molecule has 24 heavy (non-hydrogen) atoms. The number of carbonyl (C=O) groups excluding carboxylic acids is 1. The zero-order valence-electron chi connectivity index (χ0n) is 14.0. The number of aryl methyl sites for hydroxylation is 2. The lowest BCUT2D eigenvalue weighted by Gasteiger charge is -2.28. The smallest absolute Gasteiger partial charge is 0.319 e. The monoisotopic (exact) mass is 329 g/mol. The van der Waals surface area contributed by atoms with Gasteiger partial charge in [-0.15, -0.1) is 0 Å². The summed E-state index contributed by atoms with van der Waals surface area (Å²) in [5.41, 5.74) is 3.34. The van der Waals surface area contributed by atoms with Crippen LogP contribution in [0.4, 0.5) is 10.5 Å². The van der Waals surface area contributed by atoms with Gasteiger partial charge >= 0.3 is 6.03 Å². The second-order valence-corrected chi connectivity index (χ2v) is 6.38. The van der Waals surface area contributed by atoms with Gasteiger partial charge in [-0.2, -0.15) is 0 Å². The summed E-state index contributed by atoms with van der Waals surface area (Å²) in [5, 5.41) is 15.6. The summed E-state index contributed by atoms with van der Waals surface area (Å²) in [6, 6.07) is 5.11. The predicted octanol–water partition coefficient (Wildman–Crippen LogP) is 3.38. The Kier molecular flexibility index (Phi) is 4.85. The molecule has 1 aliphatic carbocycles. The van der Waals surface area contributed by atoms with E-state index in [4.69, 9.17) is 4.42 Å². The van der Waals surface area contributed by atoms with Gasteiger partial charge in [-0.25, -0.2) is 9.78 Å². The first-order valence-corrected chi connectivity index (χ1v) is 8.31. The number of aromatic nitrogens is 1.